The number of carbonyl (C=O) groups excluding carboxylic acids is 1. The minimum atomic E-state index is -1.01. The normalized spacial score (nSPS) is 11.9. The molecule has 0 spiro atoms. The van der Waals surface area contributed by atoms with Crippen LogP contribution in [0.4, 0.5) is 0 Å². The molecule has 0 aromatic heterocycles. The third-order valence-electron chi connectivity index (χ3n) is 3.59. The molecule has 6 nitrogen and oxygen atoms in total. The number of hydrogen-bond donors (Lipinski definition) is 2. The van der Waals surface area contributed by atoms with E-state index in [1.165, 1.54) is 0 Å². The SMILES string of the molecule is COc1ccc(CCCC(=O)N[C@H](C(=O)O)C(C)C)c(OC)c1. The van der Waals surface area contributed by atoms with Crippen LogP contribution >= 0.6 is 0 Å². The van der Waals surface area contributed by atoms with Crippen LogP contribution in [0, 0.1) is 5.92 Å². The molecule has 1 aromatic carbocycles. The van der Waals surface area contributed by atoms with Gasteiger partial charge in [-0.05, 0) is 30.4 Å². The first-order chi connectivity index (χ1) is 10.9. The van der Waals surface area contributed by atoms with Gasteiger partial charge in [0.1, 0.15) is 17.5 Å². The molecule has 6 heteroatoms. The number of carboxylic acids is 1. The third-order valence-corrected chi connectivity index (χ3v) is 3.59. The Labute approximate surface area is 136 Å². The number of carbonyl (C=O) groups is 2. The van der Waals surface area contributed by atoms with Crippen LogP contribution in [0.3, 0.4) is 0 Å². The van der Waals surface area contributed by atoms with Crippen LogP contribution in [0.15, 0.2) is 18.2 Å². The quantitative estimate of drug-likeness (QED) is 0.728. The summed E-state index contributed by atoms with van der Waals surface area (Å²) in [7, 11) is 3.18. The maximum absolute atomic E-state index is 11.9. The Kier molecular flexibility index (Phi) is 7.38. The fraction of sp³-hybridized carbons (Fsp3) is 0.529. The van der Waals surface area contributed by atoms with Gasteiger partial charge in [-0.15, -0.1) is 0 Å². The van der Waals surface area contributed by atoms with E-state index in [0.29, 0.717) is 18.6 Å². The average Bonchev–Trinajstić information content (AvgIpc) is 2.52. The lowest BCUT2D eigenvalue weighted by molar-refractivity contribution is -0.143. The molecule has 0 aliphatic heterocycles. The van der Waals surface area contributed by atoms with Crippen LogP contribution in [-0.2, 0) is 16.0 Å². The molecule has 128 valence electrons. The summed E-state index contributed by atoms with van der Waals surface area (Å²) in [6, 6.07) is 4.70. The van der Waals surface area contributed by atoms with Crippen LogP contribution < -0.4 is 14.8 Å². The van der Waals surface area contributed by atoms with E-state index in [9.17, 15) is 9.59 Å². The zero-order chi connectivity index (χ0) is 17.4. The van der Waals surface area contributed by atoms with E-state index in [4.69, 9.17) is 14.6 Å². The highest BCUT2D eigenvalue weighted by Gasteiger charge is 2.23. The van der Waals surface area contributed by atoms with Crippen molar-refractivity contribution in [3.63, 3.8) is 0 Å². The largest absolute Gasteiger partial charge is 0.497 e. The van der Waals surface area contributed by atoms with Gasteiger partial charge in [-0.2, -0.15) is 0 Å². The second-order valence-corrected chi connectivity index (χ2v) is 5.66. The van der Waals surface area contributed by atoms with Crippen molar-refractivity contribution in [3.05, 3.63) is 23.8 Å². The number of rotatable bonds is 9. The summed E-state index contributed by atoms with van der Waals surface area (Å²) in [5.41, 5.74) is 0.986. The predicted octanol–water partition coefficient (Wildman–Crippen LogP) is 2.25. The van der Waals surface area contributed by atoms with Gasteiger partial charge in [0.25, 0.3) is 0 Å². The standard InChI is InChI=1S/C17H25NO5/c1-11(2)16(17(20)21)18-15(19)7-5-6-12-8-9-13(22-3)10-14(12)23-4/h8-11,16H,5-7H2,1-4H3,(H,18,19)(H,20,21)/t16-/m0/s1. The maximum atomic E-state index is 11.9. The molecular formula is C17H25NO5. The van der Waals surface area contributed by atoms with E-state index in [0.717, 1.165) is 11.3 Å². The molecule has 0 bridgehead atoms. The summed E-state index contributed by atoms with van der Waals surface area (Å²) < 4.78 is 10.5. The van der Waals surface area contributed by atoms with E-state index in [-0.39, 0.29) is 18.2 Å². The minimum Gasteiger partial charge on any atom is -0.497 e. The second-order valence-electron chi connectivity index (χ2n) is 5.66. The highest BCUT2D eigenvalue weighted by Crippen LogP contribution is 2.25. The molecule has 1 aromatic rings. The molecule has 0 saturated carbocycles. The highest BCUT2D eigenvalue weighted by atomic mass is 16.5. The Morgan fingerprint density at radius 1 is 1.22 bits per heavy atom. The van der Waals surface area contributed by atoms with Gasteiger partial charge in [-0.25, -0.2) is 4.79 Å². The van der Waals surface area contributed by atoms with Crippen LogP contribution in [0.5, 0.6) is 11.5 Å². The number of benzene rings is 1. The van der Waals surface area contributed by atoms with Crippen LogP contribution in [0.25, 0.3) is 0 Å². The van der Waals surface area contributed by atoms with Crippen molar-refractivity contribution in [1.29, 1.82) is 0 Å². The smallest absolute Gasteiger partial charge is 0.326 e. The molecule has 1 amide bonds. The van der Waals surface area contributed by atoms with Crippen molar-refractivity contribution in [2.24, 2.45) is 5.92 Å². The summed E-state index contributed by atoms with van der Waals surface area (Å²) in [5.74, 6) is 0.0156. The Balaban J connectivity index is 2.53. The fourth-order valence-corrected chi connectivity index (χ4v) is 2.26. The summed E-state index contributed by atoms with van der Waals surface area (Å²) in [6.45, 7) is 3.53. The Morgan fingerprint density at radius 2 is 1.91 bits per heavy atom. The summed E-state index contributed by atoms with van der Waals surface area (Å²) >= 11 is 0. The molecule has 0 heterocycles. The zero-order valence-corrected chi connectivity index (χ0v) is 14.1. The molecule has 0 radical (unpaired) electrons. The molecule has 1 rings (SSSR count). The van der Waals surface area contributed by atoms with E-state index < -0.39 is 12.0 Å². The Hall–Kier alpha value is -2.24. The maximum Gasteiger partial charge on any atom is 0.326 e. The van der Waals surface area contributed by atoms with Crippen LogP contribution in [0.1, 0.15) is 32.3 Å². The van der Waals surface area contributed by atoms with Gasteiger partial charge < -0.3 is 19.9 Å². The number of aliphatic carboxylic acids is 1. The first-order valence-corrected chi connectivity index (χ1v) is 7.62. The monoisotopic (exact) mass is 323 g/mol. The molecule has 23 heavy (non-hydrogen) atoms. The van der Waals surface area contributed by atoms with E-state index in [1.807, 2.05) is 12.1 Å². The number of ether oxygens (including phenoxy) is 2. The first kappa shape index (κ1) is 18.8. The molecule has 0 fully saturated rings. The van der Waals surface area contributed by atoms with Crippen molar-refractivity contribution in [1.82, 2.24) is 5.32 Å². The summed E-state index contributed by atoms with van der Waals surface area (Å²) in [5, 5.41) is 11.6. The predicted molar refractivity (Wildman–Crippen MR) is 86.9 cm³/mol. The van der Waals surface area contributed by atoms with Gasteiger partial charge in [0.15, 0.2) is 0 Å². The molecule has 0 unspecified atom stereocenters. The minimum absolute atomic E-state index is 0.155. The molecule has 0 saturated heterocycles. The van der Waals surface area contributed by atoms with E-state index in [2.05, 4.69) is 5.32 Å². The molecule has 2 N–H and O–H groups in total. The number of amides is 1. The Morgan fingerprint density at radius 3 is 2.43 bits per heavy atom. The molecular weight excluding hydrogens is 298 g/mol. The molecule has 1 atom stereocenters. The lowest BCUT2D eigenvalue weighted by Crippen LogP contribution is -2.44. The van der Waals surface area contributed by atoms with Crippen molar-refractivity contribution >= 4 is 11.9 Å². The van der Waals surface area contributed by atoms with Crippen LogP contribution in [0.2, 0.25) is 0 Å². The average molecular weight is 323 g/mol. The van der Waals surface area contributed by atoms with E-state index in [1.54, 1.807) is 34.1 Å². The molecule has 0 aliphatic rings. The number of carboxylic acid groups (broad SMARTS) is 1. The van der Waals surface area contributed by atoms with Crippen LogP contribution in [-0.4, -0.2) is 37.2 Å². The summed E-state index contributed by atoms with van der Waals surface area (Å²) in [4.78, 5) is 23.0. The third kappa shape index (κ3) is 5.81. The fourth-order valence-electron chi connectivity index (χ4n) is 2.26. The second kappa shape index (κ2) is 9.02. The van der Waals surface area contributed by atoms with Gasteiger partial charge in [0, 0.05) is 12.5 Å². The first-order valence-electron chi connectivity index (χ1n) is 7.62. The highest BCUT2D eigenvalue weighted by molar-refractivity contribution is 5.83. The van der Waals surface area contributed by atoms with Crippen molar-refractivity contribution in [3.8, 4) is 11.5 Å². The van der Waals surface area contributed by atoms with Gasteiger partial charge in [0.2, 0.25) is 5.91 Å². The number of aryl methyl sites for hydroxylation is 1. The molecule has 0 aliphatic carbocycles. The number of methoxy groups -OCH3 is 2. The van der Waals surface area contributed by atoms with E-state index >= 15 is 0 Å². The number of hydrogen-bond acceptors (Lipinski definition) is 4. The van der Waals surface area contributed by atoms with Crippen molar-refractivity contribution in [2.45, 2.75) is 39.2 Å². The van der Waals surface area contributed by atoms with Gasteiger partial charge in [-0.1, -0.05) is 19.9 Å². The summed E-state index contributed by atoms with van der Waals surface area (Å²) in [6.07, 6.45) is 1.55. The lowest BCUT2D eigenvalue weighted by atomic mass is 10.0. The van der Waals surface area contributed by atoms with Gasteiger partial charge >= 0.3 is 5.97 Å². The van der Waals surface area contributed by atoms with Gasteiger partial charge in [0.05, 0.1) is 14.2 Å². The van der Waals surface area contributed by atoms with Crippen molar-refractivity contribution < 1.29 is 24.2 Å². The van der Waals surface area contributed by atoms with Crippen molar-refractivity contribution in [2.75, 3.05) is 14.2 Å². The topological polar surface area (TPSA) is 84.9 Å². The zero-order valence-electron chi connectivity index (χ0n) is 14.1. The Bertz CT molecular complexity index is 542. The lowest BCUT2D eigenvalue weighted by Gasteiger charge is -2.17. The van der Waals surface area contributed by atoms with Gasteiger partial charge in [-0.3, -0.25) is 4.79 Å². The number of nitrogens with one attached hydrogen (secondary N) is 1.